The zero-order valence-electron chi connectivity index (χ0n) is 24.3. The summed E-state index contributed by atoms with van der Waals surface area (Å²) in [5.41, 5.74) is 8.52. The molecule has 6 heteroatoms. The minimum absolute atomic E-state index is 0.109. The van der Waals surface area contributed by atoms with E-state index in [1.54, 1.807) is 0 Å². The predicted molar refractivity (Wildman–Crippen MR) is 158 cm³/mol. The Kier molecular flexibility index (Phi) is 5.48. The van der Waals surface area contributed by atoms with Crippen molar-refractivity contribution in [1.82, 2.24) is 19.5 Å². The lowest BCUT2D eigenvalue weighted by atomic mass is 9.86. The summed E-state index contributed by atoms with van der Waals surface area (Å²) in [6, 6.07) is 19.0. The topological polar surface area (TPSA) is 60.6 Å². The molecule has 6 rings (SSSR count). The summed E-state index contributed by atoms with van der Waals surface area (Å²) in [4.78, 5) is 14.9. The smallest absolute Gasteiger partial charge is 0.293 e. The molecule has 6 aromatic rings. The first-order valence-electron chi connectivity index (χ1n) is 13.5. The van der Waals surface area contributed by atoms with Crippen molar-refractivity contribution in [2.24, 2.45) is 14.1 Å². The number of benzene rings is 2. The molecule has 0 saturated heterocycles. The molecule has 0 amide bonds. The Labute approximate surface area is 229 Å². The van der Waals surface area contributed by atoms with Gasteiger partial charge in [-0.1, -0.05) is 65.8 Å². The van der Waals surface area contributed by atoms with Gasteiger partial charge in [-0.05, 0) is 42.8 Å². The predicted octanol–water partition coefficient (Wildman–Crippen LogP) is 7.32. The van der Waals surface area contributed by atoms with E-state index < -0.39 is 0 Å². The average Bonchev–Trinajstić information content (AvgIpc) is 3.37. The first kappa shape index (κ1) is 25.2. The van der Waals surface area contributed by atoms with Crippen molar-refractivity contribution in [3.63, 3.8) is 0 Å². The first-order valence-corrected chi connectivity index (χ1v) is 13.5. The molecule has 0 radical (unpaired) electrons. The lowest BCUT2D eigenvalue weighted by molar-refractivity contribution is -0.634. The summed E-state index contributed by atoms with van der Waals surface area (Å²) in [7, 11) is 4.22. The van der Waals surface area contributed by atoms with Crippen molar-refractivity contribution < 1.29 is 8.98 Å². The monoisotopic (exact) mass is 518 g/mol. The minimum Gasteiger partial charge on any atom is -0.437 e. The Balaban J connectivity index is 1.59. The van der Waals surface area contributed by atoms with Crippen molar-refractivity contribution in [1.29, 1.82) is 0 Å². The molecule has 0 aliphatic carbocycles. The van der Waals surface area contributed by atoms with Crippen LogP contribution in [-0.4, -0.2) is 19.5 Å². The molecule has 198 valence electrons. The van der Waals surface area contributed by atoms with E-state index in [-0.39, 0.29) is 10.8 Å². The third-order valence-corrected chi connectivity index (χ3v) is 7.67. The number of furan rings is 1. The van der Waals surface area contributed by atoms with E-state index in [1.165, 1.54) is 11.0 Å². The molecule has 4 heterocycles. The van der Waals surface area contributed by atoms with Crippen molar-refractivity contribution in [2.75, 3.05) is 0 Å². The Morgan fingerprint density at radius 2 is 1.44 bits per heavy atom. The van der Waals surface area contributed by atoms with Gasteiger partial charge in [-0.25, -0.2) is 24.1 Å². The molecule has 4 aromatic heterocycles. The van der Waals surface area contributed by atoms with Crippen LogP contribution in [-0.2, 0) is 24.9 Å². The molecular weight excluding hydrogens is 482 g/mol. The Morgan fingerprint density at radius 3 is 2.08 bits per heavy atom. The van der Waals surface area contributed by atoms with Gasteiger partial charge >= 0.3 is 0 Å². The molecule has 0 atom stereocenters. The summed E-state index contributed by atoms with van der Waals surface area (Å²) in [5.74, 6) is 1.72. The number of rotatable bonds is 2. The maximum Gasteiger partial charge on any atom is 0.293 e. The van der Waals surface area contributed by atoms with Crippen LogP contribution < -0.4 is 4.57 Å². The fourth-order valence-corrected chi connectivity index (χ4v) is 5.37. The largest absolute Gasteiger partial charge is 0.437 e. The van der Waals surface area contributed by atoms with E-state index in [0.717, 1.165) is 44.7 Å². The van der Waals surface area contributed by atoms with Gasteiger partial charge in [-0.3, -0.25) is 0 Å². The third kappa shape index (κ3) is 4.01. The van der Waals surface area contributed by atoms with Gasteiger partial charge in [-0.2, -0.15) is 0 Å². The van der Waals surface area contributed by atoms with Crippen LogP contribution in [0, 0.1) is 6.92 Å². The molecule has 0 N–H and O–H groups in total. The normalized spacial score (nSPS) is 12.7. The summed E-state index contributed by atoms with van der Waals surface area (Å²) in [6.07, 6.45) is 0. The van der Waals surface area contributed by atoms with Gasteiger partial charge in [0.15, 0.2) is 22.4 Å². The molecule has 0 unspecified atom stereocenters. The summed E-state index contributed by atoms with van der Waals surface area (Å²) in [6.45, 7) is 15.2. The minimum atomic E-state index is -0.109. The average molecular weight is 519 g/mol. The molecule has 0 spiro atoms. The van der Waals surface area contributed by atoms with Crippen LogP contribution >= 0.6 is 0 Å². The van der Waals surface area contributed by atoms with E-state index in [1.807, 2.05) is 6.07 Å². The van der Waals surface area contributed by atoms with Crippen LogP contribution in [0.25, 0.3) is 56.0 Å². The number of imidazole rings is 1. The highest BCUT2D eigenvalue weighted by Crippen LogP contribution is 2.38. The second-order valence-electron chi connectivity index (χ2n) is 12.7. The fraction of sp³-hybridized carbons (Fsp3) is 0.333. The van der Waals surface area contributed by atoms with Crippen LogP contribution in [0.5, 0.6) is 0 Å². The zero-order valence-corrected chi connectivity index (χ0v) is 24.3. The van der Waals surface area contributed by atoms with Crippen LogP contribution in [0.3, 0.4) is 0 Å². The lowest BCUT2D eigenvalue weighted by Gasteiger charge is -2.24. The third-order valence-electron chi connectivity index (χ3n) is 7.67. The second-order valence-corrected chi connectivity index (χ2v) is 12.7. The molecule has 6 nitrogen and oxygen atoms in total. The summed E-state index contributed by atoms with van der Waals surface area (Å²) >= 11 is 0. The van der Waals surface area contributed by atoms with Crippen molar-refractivity contribution >= 4 is 33.1 Å². The van der Waals surface area contributed by atoms with Crippen LogP contribution in [0.4, 0.5) is 0 Å². The molecule has 39 heavy (non-hydrogen) atoms. The van der Waals surface area contributed by atoms with Crippen LogP contribution in [0.15, 0.2) is 59.0 Å². The fourth-order valence-electron chi connectivity index (χ4n) is 5.37. The second kappa shape index (κ2) is 8.47. The SMILES string of the molecule is Cc1ccc2c(oc3nc(-c4nc(C(C)(C)C)cc(C(C)(C)C)n4)ccc32)c1-c1n(C)c2ccccc2[n+]1C. The van der Waals surface area contributed by atoms with Gasteiger partial charge in [-0.15, -0.1) is 0 Å². The van der Waals surface area contributed by atoms with Gasteiger partial charge < -0.3 is 4.42 Å². The van der Waals surface area contributed by atoms with E-state index >= 15 is 0 Å². The molecule has 0 fully saturated rings. The molecular formula is C33H36N5O+. The van der Waals surface area contributed by atoms with Crippen LogP contribution in [0.2, 0.25) is 0 Å². The quantitative estimate of drug-likeness (QED) is 0.225. The van der Waals surface area contributed by atoms with E-state index in [9.17, 15) is 0 Å². The standard InChI is InChI=1S/C33H36N5O/c1-19-14-15-20-21-16-17-22(29-35-25(32(2,3)4)18-26(36-29)33(5,6)7)34-30(21)39-28(20)27(19)31-37(8)23-12-10-11-13-24(23)38(31)9/h10-18H,1-9H3/q+1. The van der Waals surface area contributed by atoms with Crippen molar-refractivity contribution in [2.45, 2.75) is 59.3 Å². The Bertz CT molecular complexity index is 1840. The van der Waals surface area contributed by atoms with E-state index in [4.69, 9.17) is 19.4 Å². The number of aromatic nitrogens is 5. The van der Waals surface area contributed by atoms with Crippen LogP contribution in [0.1, 0.15) is 58.5 Å². The highest BCUT2D eigenvalue weighted by Gasteiger charge is 2.28. The highest BCUT2D eigenvalue weighted by molar-refractivity contribution is 6.09. The van der Waals surface area contributed by atoms with Gasteiger partial charge in [0, 0.05) is 21.6 Å². The highest BCUT2D eigenvalue weighted by atomic mass is 16.3. The number of aryl methyl sites for hydroxylation is 3. The Hall–Kier alpha value is -4.06. The molecule has 0 bridgehead atoms. The number of fused-ring (bicyclic) bond motifs is 4. The number of para-hydroxylation sites is 2. The van der Waals surface area contributed by atoms with Gasteiger partial charge in [0.05, 0.1) is 25.5 Å². The number of nitrogens with zero attached hydrogens (tertiary/aromatic N) is 5. The summed E-state index contributed by atoms with van der Waals surface area (Å²) in [5, 5.41) is 2.04. The van der Waals surface area contributed by atoms with Crippen molar-refractivity contribution in [3.8, 4) is 22.9 Å². The van der Waals surface area contributed by atoms with E-state index in [2.05, 4.69) is 120 Å². The molecule has 0 aliphatic rings. The van der Waals surface area contributed by atoms with E-state index in [0.29, 0.717) is 17.2 Å². The first-order chi connectivity index (χ1) is 18.3. The van der Waals surface area contributed by atoms with Gasteiger partial charge in [0.25, 0.3) is 5.82 Å². The molecule has 0 saturated carbocycles. The van der Waals surface area contributed by atoms with Gasteiger partial charge in [0.1, 0.15) is 11.3 Å². The summed E-state index contributed by atoms with van der Waals surface area (Å²) < 4.78 is 11.1. The maximum atomic E-state index is 6.59. The number of hydrogen-bond donors (Lipinski definition) is 0. The molecule has 0 aliphatic heterocycles. The maximum absolute atomic E-state index is 6.59. The number of pyridine rings is 1. The lowest BCUT2D eigenvalue weighted by Crippen LogP contribution is -2.30. The number of hydrogen-bond acceptors (Lipinski definition) is 4. The van der Waals surface area contributed by atoms with Crippen molar-refractivity contribution in [3.05, 3.63) is 71.5 Å². The zero-order chi connectivity index (χ0) is 27.9. The Morgan fingerprint density at radius 1 is 0.795 bits per heavy atom. The van der Waals surface area contributed by atoms with Gasteiger partial charge in [0.2, 0.25) is 5.71 Å². The molecule has 2 aromatic carbocycles.